The molecule has 0 bridgehead atoms. The van der Waals surface area contributed by atoms with Gasteiger partial charge < -0.3 is 5.11 Å². The van der Waals surface area contributed by atoms with E-state index in [0.29, 0.717) is 5.01 Å². The number of aromatic nitrogens is 1. The highest BCUT2D eigenvalue weighted by molar-refractivity contribution is 7.93. The first kappa shape index (κ1) is 17.0. The summed E-state index contributed by atoms with van der Waals surface area (Å²) in [6.07, 6.45) is 0.950. The zero-order chi connectivity index (χ0) is 15.6. The number of aromatic carboxylic acids is 1. The van der Waals surface area contributed by atoms with Crippen LogP contribution in [0.2, 0.25) is 0 Å². The molecule has 0 amide bonds. The summed E-state index contributed by atoms with van der Waals surface area (Å²) in [6, 6.07) is -0.724. The van der Waals surface area contributed by atoms with Crippen molar-refractivity contribution < 1.29 is 26.7 Å². The maximum atomic E-state index is 11.7. The van der Waals surface area contributed by atoms with E-state index in [9.17, 15) is 21.6 Å². The summed E-state index contributed by atoms with van der Waals surface area (Å²) in [5, 5.41) is 10.3. The van der Waals surface area contributed by atoms with Crippen molar-refractivity contribution in [3.8, 4) is 0 Å². The van der Waals surface area contributed by atoms with Gasteiger partial charge in [-0.2, -0.15) is 0 Å². The van der Waals surface area contributed by atoms with Crippen LogP contribution < -0.4 is 4.72 Å². The van der Waals surface area contributed by atoms with Gasteiger partial charge in [0.25, 0.3) is 0 Å². The predicted octanol–water partition coefficient (Wildman–Crippen LogP) is -0.134. The molecular formula is C9H14N2O6S3. The Kier molecular flexibility index (Phi) is 5.24. The molecule has 1 aromatic rings. The number of carbonyl (C=O) groups is 1. The summed E-state index contributed by atoms with van der Waals surface area (Å²) in [4.78, 5) is 14.5. The lowest BCUT2D eigenvalue weighted by molar-refractivity contribution is 0.0691. The van der Waals surface area contributed by atoms with Crippen LogP contribution in [0.15, 0.2) is 5.38 Å². The van der Waals surface area contributed by atoms with Gasteiger partial charge in [0, 0.05) is 11.6 Å². The number of nitrogens with zero attached hydrogens (tertiary/aromatic N) is 1. The van der Waals surface area contributed by atoms with Crippen molar-refractivity contribution in [1.29, 1.82) is 0 Å². The maximum Gasteiger partial charge on any atom is 0.355 e. The fourth-order valence-electron chi connectivity index (χ4n) is 1.22. The number of thiazole rings is 1. The van der Waals surface area contributed by atoms with Crippen molar-refractivity contribution in [2.45, 2.75) is 13.0 Å². The molecular weight excluding hydrogens is 328 g/mol. The molecule has 11 heteroatoms. The first-order valence-corrected chi connectivity index (χ1v) is 9.96. The van der Waals surface area contributed by atoms with Gasteiger partial charge >= 0.3 is 5.97 Å². The van der Waals surface area contributed by atoms with E-state index in [1.165, 1.54) is 12.3 Å². The number of carboxylic acid groups (broad SMARTS) is 1. The van der Waals surface area contributed by atoms with Gasteiger partial charge in [-0.1, -0.05) is 0 Å². The van der Waals surface area contributed by atoms with Gasteiger partial charge in [-0.05, 0) is 6.92 Å². The largest absolute Gasteiger partial charge is 0.476 e. The van der Waals surface area contributed by atoms with Gasteiger partial charge in [-0.25, -0.2) is 31.3 Å². The third-order valence-electron chi connectivity index (χ3n) is 2.19. The van der Waals surface area contributed by atoms with Crippen LogP contribution in [0.4, 0.5) is 0 Å². The lowest BCUT2D eigenvalue weighted by Crippen LogP contribution is -2.31. The smallest absolute Gasteiger partial charge is 0.355 e. The number of nitrogens with one attached hydrogen (secondary N) is 1. The molecule has 2 N–H and O–H groups in total. The molecule has 0 saturated heterocycles. The molecule has 1 heterocycles. The van der Waals surface area contributed by atoms with E-state index in [0.717, 1.165) is 17.6 Å². The van der Waals surface area contributed by atoms with Gasteiger partial charge in [0.05, 0.1) is 17.5 Å². The summed E-state index contributed by atoms with van der Waals surface area (Å²) in [5.74, 6) is -2.22. The van der Waals surface area contributed by atoms with E-state index in [4.69, 9.17) is 5.11 Å². The molecule has 8 nitrogen and oxygen atoms in total. The second-order valence-electron chi connectivity index (χ2n) is 4.16. The van der Waals surface area contributed by atoms with Crippen LogP contribution in [-0.4, -0.2) is 50.7 Å². The van der Waals surface area contributed by atoms with Crippen molar-refractivity contribution in [1.82, 2.24) is 9.71 Å². The van der Waals surface area contributed by atoms with E-state index in [2.05, 4.69) is 9.71 Å². The highest BCUT2D eigenvalue weighted by Crippen LogP contribution is 2.18. The molecule has 0 spiro atoms. The van der Waals surface area contributed by atoms with Crippen molar-refractivity contribution >= 4 is 37.2 Å². The lowest BCUT2D eigenvalue weighted by atomic mass is 10.4. The van der Waals surface area contributed by atoms with Crippen molar-refractivity contribution in [3.63, 3.8) is 0 Å². The fourth-order valence-corrected chi connectivity index (χ4v) is 4.96. The Hall–Kier alpha value is -1.04. The number of sulfone groups is 1. The number of sulfonamides is 1. The molecule has 1 aromatic heterocycles. The minimum Gasteiger partial charge on any atom is -0.476 e. The minimum atomic E-state index is -3.78. The average Bonchev–Trinajstić information content (AvgIpc) is 2.74. The van der Waals surface area contributed by atoms with Gasteiger partial charge in [-0.3, -0.25) is 0 Å². The first-order chi connectivity index (χ1) is 9.00. The summed E-state index contributed by atoms with van der Waals surface area (Å²) in [7, 11) is -7.16. The van der Waals surface area contributed by atoms with E-state index >= 15 is 0 Å². The number of carboxylic acids is 1. The van der Waals surface area contributed by atoms with Crippen molar-refractivity contribution in [3.05, 3.63) is 16.1 Å². The summed E-state index contributed by atoms with van der Waals surface area (Å²) in [5.41, 5.74) is -0.160. The minimum absolute atomic E-state index is 0.160. The highest BCUT2D eigenvalue weighted by atomic mass is 32.2. The summed E-state index contributed by atoms with van der Waals surface area (Å²) in [6.45, 7) is 1.50. The van der Waals surface area contributed by atoms with Gasteiger partial charge in [0.2, 0.25) is 10.0 Å². The predicted molar refractivity (Wildman–Crippen MR) is 74.1 cm³/mol. The van der Waals surface area contributed by atoms with E-state index < -0.39 is 43.4 Å². The molecule has 0 aliphatic carbocycles. The topological polar surface area (TPSA) is 130 Å². The number of hydrogen-bond acceptors (Lipinski definition) is 7. The number of hydrogen-bond donors (Lipinski definition) is 2. The summed E-state index contributed by atoms with van der Waals surface area (Å²) >= 11 is 1.01. The molecule has 0 fully saturated rings. The van der Waals surface area contributed by atoms with Crippen LogP contribution in [0.25, 0.3) is 0 Å². The Bertz CT molecular complexity index is 691. The Morgan fingerprint density at radius 2 is 2.00 bits per heavy atom. The standard InChI is InChI=1S/C9H14N2O6S3/c1-6(8-10-7(5-18-8)9(12)13)11-20(16,17)4-3-19(2,14)15/h5-6,11H,3-4H2,1-2H3,(H,12,13). The zero-order valence-corrected chi connectivity index (χ0v) is 13.2. The Morgan fingerprint density at radius 1 is 1.40 bits per heavy atom. The second-order valence-corrected chi connectivity index (χ2v) is 9.19. The Morgan fingerprint density at radius 3 is 2.45 bits per heavy atom. The Balaban J connectivity index is 2.73. The molecule has 1 rings (SSSR count). The van der Waals surface area contributed by atoms with Gasteiger partial charge in [0.15, 0.2) is 5.69 Å². The van der Waals surface area contributed by atoms with Crippen LogP contribution in [0, 0.1) is 0 Å². The molecule has 0 saturated carbocycles. The van der Waals surface area contributed by atoms with Gasteiger partial charge in [-0.15, -0.1) is 11.3 Å². The molecule has 114 valence electrons. The third-order valence-corrected chi connectivity index (χ3v) is 5.88. The van der Waals surface area contributed by atoms with Crippen molar-refractivity contribution in [2.24, 2.45) is 0 Å². The molecule has 0 aromatic carbocycles. The van der Waals surface area contributed by atoms with Crippen LogP contribution in [0.1, 0.15) is 28.5 Å². The SMILES string of the molecule is CC(NS(=O)(=O)CCS(C)(=O)=O)c1nc(C(=O)O)cs1. The quantitative estimate of drug-likeness (QED) is 0.705. The second kappa shape index (κ2) is 6.16. The zero-order valence-electron chi connectivity index (χ0n) is 10.7. The normalized spacial score (nSPS) is 14.1. The molecule has 1 atom stereocenters. The first-order valence-electron chi connectivity index (χ1n) is 5.36. The molecule has 1 unspecified atom stereocenters. The van der Waals surface area contributed by atoms with Gasteiger partial charge in [0.1, 0.15) is 14.8 Å². The number of rotatable bonds is 7. The third kappa shape index (κ3) is 5.53. The fraction of sp³-hybridized carbons (Fsp3) is 0.556. The average molecular weight is 342 g/mol. The molecule has 0 aliphatic rings. The van der Waals surface area contributed by atoms with Crippen LogP contribution in [0.3, 0.4) is 0 Å². The monoisotopic (exact) mass is 342 g/mol. The molecule has 0 radical (unpaired) electrons. The van der Waals surface area contributed by atoms with E-state index in [1.54, 1.807) is 0 Å². The molecule has 0 aliphatic heterocycles. The maximum absolute atomic E-state index is 11.7. The van der Waals surface area contributed by atoms with Crippen molar-refractivity contribution in [2.75, 3.05) is 17.8 Å². The summed E-state index contributed by atoms with van der Waals surface area (Å²) < 4.78 is 47.5. The van der Waals surface area contributed by atoms with E-state index in [1.807, 2.05) is 0 Å². The van der Waals surface area contributed by atoms with Crippen LogP contribution in [0.5, 0.6) is 0 Å². The van der Waals surface area contributed by atoms with E-state index in [-0.39, 0.29) is 5.69 Å². The van der Waals surface area contributed by atoms with Crippen LogP contribution in [-0.2, 0) is 19.9 Å². The van der Waals surface area contributed by atoms with Crippen LogP contribution >= 0.6 is 11.3 Å². The Labute approximate surface area is 120 Å². The lowest BCUT2D eigenvalue weighted by Gasteiger charge is -2.11. The highest BCUT2D eigenvalue weighted by Gasteiger charge is 2.21. The molecule has 20 heavy (non-hydrogen) atoms.